The first-order chi connectivity index (χ1) is 9.22. The normalized spacial score (nSPS) is 12.4. The van der Waals surface area contributed by atoms with E-state index in [0.717, 1.165) is 30.2 Å². The molecular weight excluding hydrogens is 240 g/mol. The van der Waals surface area contributed by atoms with Gasteiger partial charge in [-0.2, -0.15) is 5.10 Å². The van der Waals surface area contributed by atoms with Crippen molar-refractivity contribution in [1.82, 2.24) is 20.1 Å². The van der Waals surface area contributed by atoms with Crippen molar-refractivity contribution in [2.45, 2.75) is 32.9 Å². The molecule has 0 spiro atoms. The van der Waals surface area contributed by atoms with E-state index < -0.39 is 0 Å². The minimum absolute atomic E-state index is 0.237. The molecule has 5 heteroatoms. The van der Waals surface area contributed by atoms with Crippen molar-refractivity contribution in [3.8, 4) is 11.5 Å². The number of pyridine rings is 1. The molecular formula is C14H20N4O. The Balaban J connectivity index is 2.02. The number of hydrogen-bond acceptors (Lipinski definition) is 4. The average molecular weight is 260 g/mol. The van der Waals surface area contributed by atoms with Crippen LogP contribution in [0.2, 0.25) is 0 Å². The Morgan fingerprint density at radius 3 is 2.79 bits per heavy atom. The molecule has 0 radical (unpaired) electrons. The fraction of sp³-hybridized carbons (Fsp3) is 0.429. The highest BCUT2D eigenvalue weighted by Gasteiger charge is 2.05. The van der Waals surface area contributed by atoms with E-state index >= 15 is 0 Å². The van der Waals surface area contributed by atoms with Gasteiger partial charge >= 0.3 is 0 Å². The van der Waals surface area contributed by atoms with Gasteiger partial charge in [0.15, 0.2) is 5.75 Å². The van der Waals surface area contributed by atoms with Crippen molar-refractivity contribution >= 4 is 0 Å². The van der Waals surface area contributed by atoms with Gasteiger partial charge in [-0.05, 0) is 32.5 Å². The molecule has 0 aromatic carbocycles. The fourth-order valence-electron chi connectivity index (χ4n) is 1.74. The molecule has 5 nitrogen and oxygen atoms in total. The third kappa shape index (κ3) is 3.54. The minimum atomic E-state index is 0.237. The topological polar surface area (TPSA) is 52.0 Å². The van der Waals surface area contributed by atoms with E-state index in [1.165, 1.54) is 0 Å². The third-order valence-electron chi connectivity index (χ3n) is 2.93. The van der Waals surface area contributed by atoms with Crippen molar-refractivity contribution in [2.24, 2.45) is 0 Å². The molecule has 1 unspecified atom stereocenters. The number of hydrogen-bond donors (Lipinski definition) is 1. The van der Waals surface area contributed by atoms with E-state index in [1.807, 2.05) is 30.1 Å². The summed E-state index contributed by atoms with van der Waals surface area (Å²) in [7, 11) is 1.92. The molecule has 2 aromatic rings. The van der Waals surface area contributed by atoms with Crippen molar-refractivity contribution in [2.75, 3.05) is 7.05 Å². The number of nitrogens with zero attached hydrogens (tertiary/aromatic N) is 3. The third-order valence-corrected chi connectivity index (χ3v) is 2.93. The molecule has 2 heterocycles. The van der Waals surface area contributed by atoms with Gasteiger partial charge in [0.1, 0.15) is 5.75 Å². The van der Waals surface area contributed by atoms with Gasteiger partial charge in [0.2, 0.25) is 0 Å². The summed E-state index contributed by atoms with van der Waals surface area (Å²) < 4.78 is 7.58. The van der Waals surface area contributed by atoms with Gasteiger partial charge in [-0.1, -0.05) is 6.92 Å². The predicted molar refractivity (Wildman–Crippen MR) is 74.3 cm³/mol. The number of nitrogens with one attached hydrogen (secondary N) is 1. The minimum Gasteiger partial charge on any atom is -0.452 e. The number of ether oxygens (including phenoxy) is 1. The lowest BCUT2D eigenvalue weighted by Crippen LogP contribution is -2.13. The fourth-order valence-corrected chi connectivity index (χ4v) is 1.74. The lowest BCUT2D eigenvalue weighted by molar-refractivity contribution is 0.476. The Labute approximate surface area is 113 Å². The average Bonchev–Trinajstić information content (AvgIpc) is 2.86. The second-order valence-electron chi connectivity index (χ2n) is 4.47. The molecule has 1 atom stereocenters. The van der Waals surface area contributed by atoms with Crippen LogP contribution in [0.5, 0.6) is 11.5 Å². The van der Waals surface area contributed by atoms with Crippen LogP contribution >= 0.6 is 0 Å². The molecule has 2 rings (SSSR count). The number of aryl methyl sites for hydroxylation is 1. The standard InChI is InChI=1S/C14H20N4O/c1-4-7-18-10-13(9-17-18)19-12-5-6-14(16-8-12)11(2)15-3/h5-6,8-11,15H,4,7H2,1-3H3. The van der Waals surface area contributed by atoms with E-state index in [0.29, 0.717) is 0 Å². The summed E-state index contributed by atoms with van der Waals surface area (Å²) in [5.41, 5.74) is 0.997. The maximum Gasteiger partial charge on any atom is 0.165 e. The lowest BCUT2D eigenvalue weighted by atomic mass is 10.2. The SMILES string of the molecule is CCCn1cc(Oc2ccc(C(C)NC)nc2)cn1. The summed E-state index contributed by atoms with van der Waals surface area (Å²) in [5, 5.41) is 7.37. The molecule has 0 saturated heterocycles. The van der Waals surface area contributed by atoms with Crippen LogP contribution < -0.4 is 10.1 Å². The largest absolute Gasteiger partial charge is 0.452 e. The van der Waals surface area contributed by atoms with Gasteiger partial charge in [0.05, 0.1) is 24.3 Å². The van der Waals surface area contributed by atoms with Gasteiger partial charge in [0.25, 0.3) is 0 Å². The lowest BCUT2D eigenvalue weighted by Gasteiger charge is -2.09. The first kappa shape index (κ1) is 13.5. The Bertz CT molecular complexity index is 506. The molecule has 0 bridgehead atoms. The molecule has 1 N–H and O–H groups in total. The summed E-state index contributed by atoms with van der Waals surface area (Å²) in [4.78, 5) is 4.37. The maximum atomic E-state index is 5.71. The summed E-state index contributed by atoms with van der Waals surface area (Å²) in [6.45, 7) is 5.09. The van der Waals surface area contributed by atoms with E-state index in [-0.39, 0.29) is 6.04 Å². The zero-order valence-corrected chi connectivity index (χ0v) is 11.6. The molecule has 2 aromatic heterocycles. The van der Waals surface area contributed by atoms with Crippen molar-refractivity contribution in [1.29, 1.82) is 0 Å². The Morgan fingerprint density at radius 2 is 2.16 bits per heavy atom. The molecule has 0 aliphatic carbocycles. The Kier molecular flexibility index (Phi) is 4.52. The van der Waals surface area contributed by atoms with Crippen LogP contribution in [0.3, 0.4) is 0 Å². The van der Waals surface area contributed by atoms with Gasteiger partial charge in [0, 0.05) is 12.6 Å². The van der Waals surface area contributed by atoms with Gasteiger partial charge in [-0.3, -0.25) is 9.67 Å². The molecule has 102 valence electrons. The van der Waals surface area contributed by atoms with Crippen LogP contribution in [-0.2, 0) is 6.54 Å². The van der Waals surface area contributed by atoms with Gasteiger partial charge in [-0.25, -0.2) is 0 Å². The summed E-state index contributed by atoms with van der Waals surface area (Å²) in [5.74, 6) is 1.47. The molecule has 0 amide bonds. The van der Waals surface area contributed by atoms with Crippen LogP contribution in [0.25, 0.3) is 0 Å². The van der Waals surface area contributed by atoms with Crippen molar-refractivity contribution in [3.63, 3.8) is 0 Å². The van der Waals surface area contributed by atoms with E-state index in [4.69, 9.17) is 4.74 Å². The summed E-state index contributed by atoms with van der Waals surface area (Å²) >= 11 is 0. The summed E-state index contributed by atoms with van der Waals surface area (Å²) in [6, 6.07) is 4.13. The van der Waals surface area contributed by atoms with Crippen LogP contribution in [0.15, 0.2) is 30.7 Å². The summed E-state index contributed by atoms with van der Waals surface area (Å²) in [6.07, 6.45) is 6.41. The highest BCUT2D eigenvalue weighted by molar-refractivity contribution is 5.27. The maximum absolute atomic E-state index is 5.71. The second kappa shape index (κ2) is 6.33. The van der Waals surface area contributed by atoms with Crippen LogP contribution in [0.1, 0.15) is 32.0 Å². The number of rotatable bonds is 6. The van der Waals surface area contributed by atoms with E-state index in [1.54, 1.807) is 12.4 Å². The van der Waals surface area contributed by atoms with Crippen molar-refractivity contribution < 1.29 is 4.74 Å². The zero-order chi connectivity index (χ0) is 13.7. The second-order valence-corrected chi connectivity index (χ2v) is 4.47. The molecule has 0 saturated carbocycles. The zero-order valence-electron chi connectivity index (χ0n) is 11.6. The smallest absolute Gasteiger partial charge is 0.165 e. The van der Waals surface area contributed by atoms with Gasteiger partial charge < -0.3 is 10.1 Å². The highest BCUT2D eigenvalue weighted by Crippen LogP contribution is 2.21. The monoisotopic (exact) mass is 260 g/mol. The van der Waals surface area contributed by atoms with Crippen LogP contribution in [0, 0.1) is 0 Å². The first-order valence-electron chi connectivity index (χ1n) is 6.56. The Hall–Kier alpha value is -1.88. The molecule has 19 heavy (non-hydrogen) atoms. The predicted octanol–water partition coefficient (Wildman–Crippen LogP) is 2.76. The first-order valence-corrected chi connectivity index (χ1v) is 6.56. The molecule has 0 aliphatic rings. The van der Waals surface area contributed by atoms with E-state index in [9.17, 15) is 0 Å². The van der Waals surface area contributed by atoms with E-state index in [2.05, 4.69) is 29.2 Å². The highest BCUT2D eigenvalue weighted by atomic mass is 16.5. The van der Waals surface area contributed by atoms with Gasteiger partial charge in [-0.15, -0.1) is 0 Å². The van der Waals surface area contributed by atoms with Crippen LogP contribution in [0.4, 0.5) is 0 Å². The Morgan fingerprint density at radius 1 is 1.32 bits per heavy atom. The number of aromatic nitrogens is 3. The molecule has 0 aliphatic heterocycles. The molecule has 0 fully saturated rings. The van der Waals surface area contributed by atoms with Crippen molar-refractivity contribution in [3.05, 3.63) is 36.4 Å². The quantitative estimate of drug-likeness (QED) is 0.867. The van der Waals surface area contributed by atoms with Crippen LogP contribution in [-0.4, -0.2) is 21.8 Å².